The van der Waals surface area contributed by atoms with Crippen molar-refractivity contribution in [2.24, 2.45) is 0 Å². The normalized spacial score (nSPS) is 10.7. The number of hydrogen-bond donors (Lipinski definition) is 1. The summed E-state index contributed by atoms with van der Waals surface area (Å²) >= 11 is 0. The van der Waals surface area contributed by atoms with Gasteiger partial charge in [0, 0.05) is 30.8 Å². The topological polar surface area (TPSA) is 77.2 Å². The number of aromatic nitrogens is 2. The van der Waals surface area contributed by atoms with Crippen LogP contribution in [0.15, 0.2) is 71.5 Å². The molecule has 0 aliphatic rings. The lowest BCUT2D eigenvalue weighted by Crippen LogP contribution is -2.12. The summed E-state index contributed by atoms with van der Waals surface area (Å²) in [5.41, 5.74) is 1.59. The van der Waals surface area contributed by atoms with Gasteiger partial charge in [-0.15, -0.1) is 0 Å². The molecule has 0 fully saturated rings. The van der Waals surface area contributed by atoms with Crippen molar-refractivity contribution >= 4 is 11.6 Å². The van der Waals surface area contributed by atoms with Crippen LogP contribution < -0.4 is 10.1 Å². The van der Waals surface area contributed by atoms with Crippen molar-refractivity contribution in [3.63, 3.8) is 0 Å². The molecule has 1 amide bonds. The predicted octanol–water partition coefficient (Wildman–Crippen LogP) is 5.69. The summed E-state index contributed by atoms with van der Waals surface area (Å²) in [7, 11) is 0. The quantitative estimate of drug-likeness (QED) is 0.404. The zero-order valence-electron chi connectivity index (χ0n) is 17.1. The Labute approximate surface area is 182 Å². The average molecular weight is 435 g/mol. The Balaban J connectivity index is 1.33. The molecule has 0 unspecified atom stereocenters. The minimum absolute atomic E-state index is 0.110. The Morgan fingerprint density at radius 3 is 2.75 bits per heavy atom. The fraction of sp³-hybridized carbons (Fsp3) is 0.125. The van der Waals surface area contributed by atoms with Gasteiger partial charge in [0.15, 0.2) is 11.7 Å². The molecule has 162 valence electrons. The van der Waals surface area contributed by atoms with Crippen molar-refractivity contribution < 1.29 is 22.7 Å². The fourth-order valence-electron chi connectivity index (χ4n) is 3.06. The third kappa shape index (κ3) is 5.15. The molecule has 0 atom stereocenters. The van der Waals surface area contributed by atoms with Crippen LogP contribution in [0.3, 0.4) is 0 Å². The molecule has 32 heavy (non-hydrogen) atoms. The summed E-state index contributed by atoms with van der Waals surface area (Å²) in [6.07, 6.45) is 4.99. The monoisotopic (exact) mass is 435 g/mol. The van der Waals surface area contributed by atoms with E-state index in [1.165, 1.54) is 12.3 Å². The maximum atomic E-state index is 13.9. The number of anilines is 1. The zero-order chi connectivity index (χ0) is 22.5. The predicted molar refractivity (Wildman–Crippen MR) is 114 cm³/mol. The van der Waals surface area contributed by atoms with Gasteiger partial charge in [-0.1, -0.05) is 0 Å². The van der Waals surface area contributed by atoms with Crippen LogP contribution in [0.2, 0.25) is 0 Å². The number of carbonyl (C=O) groups is 1. The molecule has 0 aliphatic heterocycles. The highest BCUT2D eigenvalue weighted by atomic mass is 19.1. The van der Waals surface area contributed by atoms with Crippen LogP contribution in [-0.4, -0.2) is 15.9 Å². The maximum absolute atomic E-state index is 13.9. The molecule has 0 saturated carbocycles. The Kier molecular flexibility index (Phi) is 6.21. The van der Waals surface area contributed by atoms with E-state index in [1.54, 1.807) is 36.7 Å². The zero-order valence-corrected chi connectivity index (χ0v) is 17.1. The van der Waals surface area contributed by atoms with Crippen LogP contribution in [0, 0.1) is 18.6 Å². The van der Waals surface area contributed by atoms with Gasteiger partial charge in [0.2, 0.25) is 5.91 Å². The van der Waals surface area contributed by atoms with Crippen molar-refractivity contribution in [1.29, 1.82) is 0 Å². The molecule has 1 N–H and O–H groups in total. The van der Waals surface area contributed by atoms with E-state index in [-0.39, 0.29) is 36.0 Å². The molecule has 6 nitrogen and oxygen atoms in total. The number of nitrogens with one attached hydrogen (secondary N) is 1. The number of hydrogen-bond acceptors (Lipinski definition) is 5. The summed E-state index contributed by atoms with van der Waals surface area (Å²) in [5, 5.41) is 2.82. The smallest absolute Gasteiger partial charge is 0.224 e. The number of nitrogens with zero attached hydrogens (tertiary/aromatic N) is 2. The third-order valence-electron chi connectivity index (χ3n) is 4.64. The van der Waals surface area contributed by atoms with E-state index in [0.29, 0.717) is 17.2 Å². The highest BCUT2D eigenvalue weighted by Crippen LogP contribution is 2.27. The lowest BCUT2D eigenvalue weighted by Gasteiger charge is -2.11. The van der Waals surface area contributed by atoms with Crippen LogP contribution >= 0.6 is 0 Å². The van der Waals surface area contributed by atoms with Crippen molar-refractivity contribution in [1.82, 2.24) is 9.97 Å². The van der Waals surface area contributed by atoms with Crippen LogP contribution in [0.25, 0.3) is 11.3 Å². The molecule has 0 radical (unpaired) electrons. The van der Waals surface area contributed by atoms with Crippen molar-refractivity contribution in [2.45, 2.75) is 19.8 Å². The molecule has 4 rings (SSSR count). The number of rotatable bonds is 7. The number of halogens is 2. The minimum Gasteiger partial charge on any atom is -0.455 e. The summed E-state index contributed by atoms with van der Waals surface area (Å²) < 4.78 is 38.2. The first kappa shape index (κ1) is 21.2. The first-order valence-corrected chi connectivity index (χ1v) is 9.86. The van der Waals surface area contributed by atoms with Gasteiger partial charge in [-0.2, -0.15) is 0 Å². The number of pyridine rings is 1. The molecule has 8 heteroatoms. The molecule has 0 spiro atoms. The number of benzene rings is 2. The van der Waals surface area contributed by atoms with Gasteiger partial charge in [0.05, 0.1) is 18.0 Å². The first-order chi connectivity index (χ1) is 15.5. The molecule has 4 aromatic rings. The van der Waals surface area contributed by atoms with E-state index in [4.69, 9.17) is 9.15 Å². The van der Waals surface area contributed by atoms with Crippen molar-refractivity contribution in [2.75, 3.05) is 5.32 Å². The van der Waals surface area contributed by atoms with Crippen molar-refractivity contribution in [3.8, 4) is 22.8 Å². The summed E-state index contributed by atoms with van der Waals surface area (Å²) in [4.78, 5) is 20.4. The summed E-state index contributed by atoms with van der Waals surface area (Å²) in [5.74, 6) is 0.118. The van der Waals surface area contributed by atoms with Crippen LogP contribution in [0.5, 0.6) is 11.5 Å². The van der Waals surface area contributed by atoms with Gasteiger partial charge in [0.1, 0.15) is 23.1 Å². The largest absolute Gasteiger partial charge is 0.455 e. The third-order valence-corrected chi connectivity index (χ3v) is 4.64. The average Bonchev–Trinajstić information content (AvgIpc) is 3.24. The number of ether oxygens (including phenoxy) is 1. The van der Waals surface area contributed by atoms with Gasteiger partial charge in [-0.3, -0.25) is 9.78 Å². The minimum atomic E-state index is -0.739. The Hall–Kier alpha value is -4.07. The second-order valence-corrected chi connectivity index (χ2v) is 7.06. The molecular formula is C24H19F2N3O3. The van der Waals surface area contributed by atoms with Gasteiger partial charge in [-0.05, 0) is 55.0 Å². The number of amides is 1. The van der Waals surface area contributed by atoms with E-state index in [9.17, 15) is 13.6 Å². The molecule has 0 saturated heterocycles. The van der Waals surface area contributed by atoms with Gasteiger partial charge >= 0.3 is 0 Å². The SMILES string of the molecule is Cc1cc(NC(=O)CCc2ncc(-c3ccc(F)cc3F)o2)ccc1Oc1cccnc1. The molecule has 2 aromatic carbocycles. The fourth-order valence-corrected chi connectivity index (χ4v) is 3.06. The van der Waals surface area contributed by atoms with E-state index >= 15 is 0 Å². The Morgan fingerprint density at radius 1 is 1.12 bits per heavy atom. The molecule has 2 heterocycles. The van der Waals surface area contributed by atoms with Gasteiger partial charge < -0.3 is 14.5 Å². The highest BCUT2D eigenvalue weighted by Gasteiger charge is 2.13. The van der Waals surface area contributed by atoms with E-state index in [1.807, 2.05) is 13.0 Å². The highest BCUT2D eigenvalue weighted by molar-refractivity contribution is 5.91. The molecule has 2 aromatic heterocycles. The Bertz CT molecular complexity index is 1240. The maximum Gasteiger partial charge on any atom is 0.224 e. The second-order valence-electron chi connectivity index (χ2n) is 7.06. The van der Waals surface area contributed by atoms with E-state index in [0.717, 1.165) is 17.7 Å². The van der Waals surface area contributed by atoms with Gasteiger partial charge in [-0.25, -0.2) is 13.8 Å². The van der Waals surface area contributed by atoms with E-state index < -0.39 is 11.6 Å². The second kappa shape index (κ2) is 9.38. The lowest BCUT2D eigenvalue weighted by atomic mass is 10.2. The van der Waals surface area contributed by atoms with Crippen LogP contribution in [0.4, 0.5) is 14.5 Å². The molecule has 0 bridgehead atoms. The molecule has 0 aliphatic carbocycles. The number of aryl methyl sites for hydroxylation is 2. The molecular weight excluding hydrogens is 416 g/mol. The van der Waals surface area contributed by atoms with Crippen LogP contribution in [-0.2, 0) is 11.2 Å². The van der Waals surface area contributed by atoms with Gasteiger partial charge in [0.25, 0.3) is 0 Å². The lowest BCUT2D eigenvalue weighted by molar-refractivity contribution is -0.116. The first-order valence-electron chi connectivity index (χ1n) is 9.86. The number of oxazole rings is 1. The van der Waals surface area contributed by atoms with E-state index in [2.05, 4.69) is 15.3 Å². The Morgan fingerprint density at radius 2 is 2.00 bits per heavy atom. The summed E-state index contributed by atoms with van der Waals surface area (Å²) in [6, 6.07) is 12.1. The van der Waals surface area contributed by atoms with Crippen LogP contribution in [0.1, 0.15) is 17.9 Å². The summed E-state index contributed by atoms with van der Waals surface area (Å²) in [6.45, 7) is 1.88. The number of carbonyl (C=O) groups excluding carboxylic acids is 1. The van der Waals surface area contributed by atoms with Crippen molar-refractivity contribution in [3.05, 3.63) is 90.2 Å². The standard InChI is InChI=1S/C24H19F2N3O3/c1-15-11-17(5-7-21(15)31-18-3-2-10-27-13-18)29-23(30)8-9-24-28-14-22(32-24)19-6-4-16(25)12-20(19)26/h2-7,10-14H,8-9H2,1H3,(H,29,30).